The third-order valence-corrected chi connectivity index (χ3v) is 8.17. The van der Waals surface area contributed by atoms with Crippen LogP contribution >= 0.6 is 66.8 Å². The van der Waals surface area contributed by atoms with Crippen molar-refractivity contribution in [3.8, 4) is 11.5 Å². The highest BCUT2D eigenvalue weighted by atomic mass is 79.9. The van der Waals surface area contributed by atoms with E-state index in [9.17, 15) is 9.59 Å². The highest BCUT2D eigenvalue weighted by molar-refractivity contribution is 9.11. The van der Waals surface area contributed by atoms with Crippen LogP contribution in [-0.2, 0) is 11.4 Å². The average Bonchev–Trinajstić information content (AvgIpc) is 3.09. The third kappa shape index (κ3) is 6.92. The lowest BCUT2D eigenvalue weighted by Crippen LogP contribution is -2.32. The Hall–Kier alpha value is -1.97. The second kappa shape index (κ2) is 12.3. The van der Waals surface area contributed by atoms with Gasteiger partial charge in [-0.2, -0.15) is 0 Å². The zero-order chi connectivity index (χ0) is 26.7. The molecule has 3 aromatic rings. The van der Waals surface area contributed by atoms with Crippen LogP contribution in [0.3, 0.4) is 0 Å². The Morgan fingerprint density at radius 3 is 2.41 bits per heavy atom. The van der Waals surface area contributed by atoms with Crippen LogP contribution in [0.25, 0.3) is 6.08 Å². The number of amides is 2. The van der Waals surface area contributed by atoms with Gasteiger partial charge in [-0.15, -0.1) is 0 Å². The summed E-state index contributed by atoms with van der Waals surface area (Å²) in [7, 11) is 0. The summed E-state index contributed by atoms with van der Waals surface area (Å²) in [5.41, 5.74) is 3.61. The average molecular weight is 686 g/mol. The maximum Gasteiger partial charge on any atom is 0.293 e. The monoisotopic (exact) mass is 683 g/mol. The molecule has 1 fully saturated rings. The van der Waals surface area contributed by atoms with Gasteiger partial charge in [-0.3, -0.25) is 14.5 Å². The number of halogens is 4. The second-order valence-electron chi connectivity index (χ2n) is 8.29. The summed E-state index contributed by atoms with van der Waals surface area (Å²) in [4.78, 5) is 27.0. The van der Waals surface area contributed by atoms with Gasteiger partial charge in [-0.25, -0.2) is 0 Å². The second-order valence-corrected chi connectivity index (χ2v) is 11.8. The quantitative estimate of drug-likeness (QED) is 0.222. The lowest BCUT2D eigenvalue weighted by atomic mass is 10.1. The number of hydrogen-bond donors (Lipinski definition) is 0. The molecule has 0 N–H and O–H groups in total. The molecule has 10 heteroatoms. The maximum absolute atomic E-state index is 12.9. The molecule has 1 heterocycles. The Morgan fingerprint density at radius 1 is 0.973 bits per heavy atom. The van der Waals surface area contributed by atoms with Crippen LogP contribution in [0.4, 0.5) is 4.79 Å². The molecule has 192 valence electrons. The molecule has 0 spiro atoms. The van der Waals surface area contributed by atoms with Crippen molar-refractivity contribution in [2.45, 2.75) is 20.5 Å². The molecule has 1 saturated heterocycles. The van der Waals surface area contributed by atoms with Crippen molar-refractivity contribution in [1.82, 2.24) is 4.90 Å². The number of hydrogen-bond acceptors (Lipinski definition) is 5. The Labute approximate surface area is 246 Å². The fraction of sp³-hybridized carbons (Fsp3) is 0.185. The van der Waals surface area contributed by atoms with Gasteiger partial charge in [0.25, 0.3) is 11.1 Å². The van der Waals surface area contributed by atoms with Crippen molar-refractivity contribution in [1.29, 1.82) is 0 Å². The molecule has 0 atom stereocenters. The predicted molar refractivity (Wildman–Crippen MR) is 157 cm³/mol. The van der Waals surface area contributed by atoms with Gasteiger partial charge in [0.15, 0.2) is 0 Å². The van der Waals surface area contributed by atoms with E-state index in [4.69, 9.17) is 32.7 Å². The molecule has 0 aliphatic carbocycles. The number of carbonyl (C=O) groups is 2. The number of thioether (sulfide) groups is 1. The van der Waals surface area contributed by atoms with E-state index in [-0.39, 0.29) is 30.9 Å². The molecule has 2 amide bonds. The van der Waals surface area contributed by atoms with E-state index in [0.29, 0.717) is 29.6 Å². The van der Waals surface area contributed by atoms with Crippen LogP contribution in [-0.4, -0.2) is 29.2 Å². The number of imide groups is 1. The van der Waals surface area contributed by atoms with Crippen molar-refractivity contribution in [3.63, 3.8) is 0 Å². The topological polar surface area (TPSA) is 55.8 Å². The van der Waals surface area contributed by atoms with E-state index in [1.54, 1.807) is 18.2 Å². The Morgan fingerprint density at radius 2 is 1.70 bits per heavy atom. The summed E-state index contributed by atoms with van der Waals surface area (Å²) in [6.07, 6.45) is 1.69. The molecule has 4 rings (SSSR count). The normalized spacial score (nSPS) is 14.5. The fourth-order valence-corrected chi connectivity index (χ4v) is 6.32. The van der Waals surface area contributed by atoms with Gasteiger partial charge in [0, 0.05) is 15.6 Å². The number of ether oxygens (including phenoxy) is 2. The van der Waals surface area contributed by atoms with Crippen molar-refractivity contribution in [2.75, 3.05) is 13.2 Å². The molecule has 0 bridgehead atoms. The molecule has 37 heavy (non-hydrogen) atoms. The number of carbonyl (C=O) groups excluding carboxylic acids is 2. The minimum atomic E-state index is -0.343. The largest absolute Gasteiger partial charge is 0.491 e. The maximum atomic E-state index is 12.9. The standard InChI is InChI=1S/C27H21Br2Cl2NO4S/c1-15-3-4-16(2)23(9-15)35-8-7-32-26(33)24(37-27(32)34)12-17-10-20(28)25(21(29)11-17)36-14-18-5-6-19(30)13-22(18)31/h3-6,9-13H,7-8,14H2,1-2H3/b24-12-. The Balaban J connectivity index is 1.42. The molecule has 3 aromatic carbocycles. The summed E-state index contributed by atoms with van der Waals surface area (Å²) in [6.45, 7) is 4.57. The Bertz CT molecular complexity index is 1390. The van der Waals surface area contributed by atoms with E-state index in [1.165, 1.54) is 4.90 Å². The zero-order valence-corrected chi connectivity index (χ0v) is 25.3. The van der Waals surface area contributed by atoms with Gasteiger partial charge in [0.2, 0.25) is 0 Å². The summed E-state index contributed by atoms with van der Waals surface area (Å²) in [5, 5.41) is 0.754. The molecular weight excluding hydrogens is 665 g/mol. The molecule has 0 saturated carbocycles. The summed E-state index contributed by atoms with van der Waals surface area (Å²) >= 11 is 20.2. The highest BCUT2D eigenvalue weighted by Crippen LogP contribution is 2.38. The minimum absolute atomic E-state index is 0.169. The molecule has 0 unspecified atom stereocenters. The molecule has 1 aliphatic rings. The van der Waals surface area contributed by atoms with Crippen LogP contribution in [0.2, 0.25) is 10.0 Å². The molecular formula is C27H21Br2Cl2NO4S. The van der Waals surface area contributed by atoms with Crippen molar-refractivity contribution >= 4 is 84.0 Å². The summed E-state index contributed by atoms with van der Waals surface area (Å²) in [5.74, 6) is 0.988. The first-order valence-electron chi connectivity index (χ1n) is 11.1. The van der Waals surface area contributed by atoms with Gasteiger partial charge in [0.1, 0.15) is 24.7 Å². The first-order chi connectivity index (χ1) is 17.6. The summed E-state index contributed by atoms with van der Waals surface area (Å²) in [6, 6.07) is 14.8. The number of nitrogens with zero attached hydrogens (tertiary/aromatic N) is 1. The van der Waals surface area contributed by atoms with E-state index >= 15 is 0 Å². The smallest absolute Gasteiger partial charge is 0.293 e. The zero-order valence-electron chi connectivity index (χ0n) is 19.8. The minimum Gasteiger partial charge on any atom is -0.491 e. The van der Waals surface area contributed by atoms with E-state index in [2.05, 4.69) is 31.9 Å². The van der Waals surface area contributed by atoms with E-state index < -0.39 is 0 Å². The highest BCUT2D eigenvalue weighted by Gasteiger charge is 2.35. The van der Waals surface area contributed by atoms with Gasteiger partial charge < -0.3 is 9.47 Å². The number of aryl methyl sites for hydroxylation is 2. The first kappa shape index (κ1) is 28.0. The fourth-order valence-electron chi connectivity index (χ4n) is 3.54. The Kier molecular flexibility index (Phi) is 9.29. The van der Waals surface area contributed by atoms with E-state index in [1.807, 2.05) is 50.2 Å². The van der Waals surface area contributed by atoms with Crippen LogP contribution < -0.4 is 9.47 Å². The number of rotatable bonds is 8. The van der Waals surface area contributed by atoms with Gasteiger partial charge in [-0.1, -0.05) is 41.4 Å². The lowest BCUT2D eigenvalue weighted by molar-refractivity contribution is -0.123. The molecule has 0 radical (unpaired) electrons. The van der Waals surface area contributed by atoms with Gasteiger partial charge in [0.05, 0.1) is 20.4 Å². The van der Waals surface area contributed by atoms with E-state index in [0.717, 1.165) is 39.8 Å². The molecule has 0 aromatic heterocycles. The molecule has 1 aliphatic heterocycles. The van der Waals surface area contributed by atoms with Crippen LogP contribution in [0.15, 0.2) is 62.4 Å². The lowest BCUT2D eigenvalue weighted by Gasteiger charge is -2.14. The predicted octanol–water partition coefficient (Wildman–Crippen LogP) is 8.83. The van der Waals surface area contributed by atoms with Gasteiger partial charge in [-0.05, 0) is 111 Å². The van der Waals surface area contributed by atoms with Crippen molar-refractivity contribution in [3.05, 3.63) is 94.7 Å². The van der Waals surface area contributed by atoms with Crippen molar-refractivity contribution in [2.24, 2.45) is 0 Å². The summed E-state index contributed by atoms with van der Waals surface area (Å²) < 4.78 is 13.1. The van der Waals surface area contributed by atoms with Crippen LogP contribution in [0.1, 0.15) is 22.3 Å². The number of benzene rings is 3. The SMILES string of the molecule is Cc1ccc(C)c(OCCN2C(=O)S/C(=C\c3cc(Br)c(OCc4ccc(Cl)cc4Cl)c(Br)c3)C2=O)c1. The van der Waals surface area contributed by atoms with Crippen molar-refractivity contribution < 1.29 is 19.1 Å². The van der Waals surface area contributed by atoms with Crippen LogP contribution in [0, 0.1) is 13.8 Å². The third-order valence-electron chi connectivity index (χ3n) is 5.50. The first-order valence-corrected chi connectivity index (χ1v) is 14.3. The molecule has 5 nitrogen and oxygen atoms in total. The van der Waals surface area contributed by atoms with Crippen LogP contribution in [0.5, 0.6) is 11.5 Å². The van der Waals surface area contributed by atoms with Gasteiger partial charge >= 0.3 is 0 Å².